The number of phenols is 2. The Balaban J connectivity index is -0.000000350. The molecular formula is C16H21B2N2O4U. The van der Waals surface area contributed by atoms with E-state index in [1.165, 1.54) is 12.1 Å². The predicted octanol–water partition coefficient (Wildman–Crippen LogP) is 1.08. The van der Waals surface area contributed by atoms with Crippen molar-refractivity contribution < 1.29 is 46.2 Å². The minimum absolute atomic E-state index is 0. The van der Waals surface area contributed by atoms with Gasteiger partial charge < -0.3 is 15.9 Å². The zero-order chi connectivity index (χ0) is 18.4. The first kappa shape index (κ1) is 25.8. The van der Waals surface area contributed by atoms with Gasteiger partial charge in [0, 0.05) is 59.2 Å². The Kier molecular flexibility index (Phi) is 16.6. The van der Waals surface area contributed by atoms with Gasteiger partial charge in [0.2, 0.25) is 6.54 Å². The summed E-state index contributed by atoms with van der Waals surface area (Å²) in [4.78, 5) is 9.63. The maximum absolute atomic E-state index is 10.0. The molecule has 0 atom stereocenters. The van der Waals surface area contributed by atoms with Gasteiger partial charge in [0.05, 0.1) is 0 Å². The van der Waals surface area contributed by atoms with Crippen LogP contribution in [0.5, 0.6) is 11.5 Å². The smallest absolute Gasteiger partial charge is 0.207 e. The van der Waals surface area contributed by atoms with Gasteiger partial charge in [-0.1, -0.05) is 24.3 Å². The van der Waals surface area contributed by atoms with Crippen molar-refractivity contribution in [1.82, 2.24) is 0 Å². The molecule has 0 spiro atoms. The van der Waals surface area contributed by atoms with E-state index < -0.39 is 0 Å². The number of hydrogen-bond acceptors (Lipinski definition) is 5. The van der Waals surface area contributed by atoms with E-state index in [1.54, 1.807) is 24.3 Å². The first-order chi connectivity index (χ1) is 11.5. The van der Waals surface area contributed by atoms with Crippen LogP contribution in [-0.2, 0) is 12.8 Å². The third-order valence-corrected chi connectivity index (χ3v) is 2.84. The fourth-order valence-corrected chi connectivity index (χ4v) is 1.81. The number of phenolic OH excluding ortho intramolecular Hbond substituents is 2. The Hall–Kier alpha value is -1.42. The van der Waals surface area contributed by atoms with Gasteiger partial charge in [-0.25, -0.2) is 0 Å². The molecule has 0 aliphatic carbocycles. The second-order valence-corrected chi connectivity index (χ2v) is 4.68. The Morgan fingerprint density at radius 1 is 1.04 bits per heavy atom. The van der Waals surface area contributed by atoms with E-state index in [2.05, 4.69) is 8.38 Å². The molecule has 0 aliphatic heterocycles. The molecule has 4 N–H and O–H groups in total. The van der Waals surface area contributed by atoms with Crippen LogP contribution in [0.15, 0.2) is 48.5 Å². The van der Waals surface area contributed by atoms with Crippen molar-refractivity contribution in [3.8, 4) is 11.5 Å². The number of nitro groups is 1. The van der Waals surface area contributed by atoms with Crippen molar-refractivity contribution in [3.05, 3.63) is 69.8 Å². The molecule has 0 bridgehead atoms. The molecule has 5 radical (unpaired) electrons. The molecule has 0 aromatic heterocycles. The average molecular weight is 567 g/mol. The fourth-order valence-electron chi connectivity index (χ4n) is 1.81. The van der Waals surface area contributed by atoms with Crippen molar-refractivity contribution in [2.75, 3.05) is 13.1 Å². The summed E-state index contributed by atoms with van der Waals surface area (Å²) < 4.78 is 5.25. The van der Waals surface area contributed by atoms with Crippen molar-refractivity contribution in [3.63, 3.8) is 0 Å². The third kappa shape index (κ3) is 13.5. The van der Waals surface area contributed by atoms with Crippen molar-refractivity contribution in [2.45, 2.75) is 12.8 Å². The van der Waals surface area contributed by atoms with Crippen LogP contribution < -0.4 is 5.73 Å². The third-order valence-electron chi connectivity index (χ3n) is 2.84. The fraction of sp³-hybridized carbons (Fsp3) is 0.250. The zero-order valence-corrected chi connectivity index (χ0v) is 18.0. The maximum Gasteiger partial charge on any atom is 0.207 e. The topological polar surface area (TPSA) is 110 Å². The van der Waals surface area contributed by atoms with Gasteiger partial charge in [-0.2, -0.15) is 0 Å². The van der Waals surface area contributed by atoms with Gasteiger partial charge in [0.1, 0.15) is 11.5 Å². The number of aromatic hydroxyl groups is 2. The quantitative estimate of drug-likeness (QED) is 0.285. The molecule has 0 fully saturated rings. The largest absolute Gasteiger partial charge is 0.508 e. The van der Waals surface area contributed by atoms with Gasteiger partial charge >= 0.3 is 0 Å². The zero-order valence-electron chi connectivity index (χ0n) is 14.8. The summed E-state index contributed by atoms with van der Waals surface area (Å²) in [5.74, 6) is 0.460. The summed E-state index contributed by atoms with van der Waals surface area (Å²) in [6.07, 6.45) is 1.19. The van der Waals surface area contributed by atoms with Crippen molar-refractivity contribution in [1.29, 1.82) is 1.34 Å². The molecule has 0 unspecified atom stereocenters. The average Bonchev–Trinajstić information content (AvgIpc) is 2.56. The normalized spacial score (nSPS) is 8.76. The second kappa shape index (κ2) is 16.1. The Bertz CT molecular complexity index is 624. The summed E-state index contributed by atoms with van der Waals surface area (Å²) in [6, 6.07) is 13.6. The van der Waals surface area contributed by atoms with Crippen LogP contribution in [0, 0.1) is 41.2 Å². The second-order valence-electron chi connectivity index (χ2n) is 4.68. The summed E-state index contributed by atoms with van der Waals surface area (Å²) in [7, 11) is 3.75. The van der Waals surface area contributed by atoms with E-state index in [9.17, 15) is 10.1 Å². The number of rotatable bonds is 5. The van der Waals surface area contributed by atoms with Crippen LogP contribution in [0.3, 0.4) is 0 Å². The van der Waals surface area contributed by atoms with Crippen LogP contribution in [0.25, 0.3) is 0 Å². The number of benzene rings is 2. The molecule has 0 saturated carbocycles. The SMILES string of the molecule is NCCc1cccc(O)c1.O=[N+]([O-])CCc1cccc(O)c1.[3H][B].[B].[U]. The first-order valence-electron chi connectivity index (χ1n) is 7.46. The van der Waals surface area contributed by atoms with Crippen LogP contribution in [0.1, 0.15) is 11.1 Å². The van der Waals surface area contributed by atoms with Gasteiger partial charge in [-0.3, -0.25) is 10.1 Å². The Morgan fingerprint density at radius 3 is 1.84 bits per heavy atom. The molecular weight excluding hydrogens is 544 g/mol. The first-order valence-corrected chi connectivity index (χ1v) is 6.89. The standard InChI is InChI=1S/C8H9NO3.C8H11NO.BH.B.U/c10-8-3-1-2-7(6-8)4-5-9(11)12;9-5-4-7-2-1-3-8(10)6-7;;;/h1-3,6,10H,4-5H2;1-3,6,10H,4-5,9H2;1H;;/i;;1T;;. The van der Waals surface area contributed by atoms with Crippen LogP contribution in [0.4, 0.5) is 0 Å². The molecule has 6 nitrogen and oxygen atoms in total. The molecule has 0 aliphatic rings. The Morgan fingerprint density at radius 2 is 1.48 bits per heavy atom. The monoisotopic (exact) mass is 567 g/mol. The maximum atomic E-state index is 10.0. The molecule has 2 aromatic carbocycles. The minimum atomic E-state index is -0.371. The van der Waals surface area contributed by atoms with Crippen LogP contribution in [-0.4, -0.2) is 46.4 Å². The molecule has 0 saturated heterocycles. The minimum Gasteiger partial charge on any atom is -0.508 e. The molecule has 0 amide bonds. The van der Waals surface area contributed by atoms with E-state index in [4.69, 9.17) is 17.3 Å². The number of hydrogen-bond donors (Lipinski definition) is 3. The van der Waals surface area contributed by atoms with E-state index >= 15 is 0 Å². The Labute approximate surface area is 176 Å². The van der Waals surface area contributed by atoms with E-state index in [-0.39, 0.29) is 56.7 Å². The van der Waals surface area contributed by atoms with Gasteiger partial charge in [0.25, 0.3) is 0 Å². The molecule has 129 valence electrons. The number of nitrogens with two attached hydrogens (primary N) is 1. The molecule has 9 heteroatoms. The van der Waals surface area contributed by atoms with Crippen molar-refractivity contribution >= 4 is 16.8 Å². The van der Waals surface area contributed by atoms with Gasteiger partial charge in [0.15, 0.2) is 0 Å². The molecule has 0 heterocycles. The molecule has 25 heavy (non-hydrogen) atoms. The summed E-state index contributed by atoms with van der Waals surface area (Å²) in [5, 5.41) is 28.0. The van der Waals surface area contributed by atoms with Crippen molar-refractivity contribution in [2.24, 2.45) is 5.73 Å². The summed E-state index contributed by atoms with van der Waals surface area (Å²) >= 11 is 0. The number of nitrogens with zero attached hydrogens (tertiary/aromatic N) is 1. The van der Waals surface area contributed by atoms with Gasteiger partial charge in [-0.05, 0) is 49.7 Å². The van der Waals surface area contributed by atoms with E-state index in [0.717, 1.165) is 17.5 Å². The molecule has 2 aromatic rings. The van der Waals surface area contributed by atoms with Crippen LogP contribution in [0.2, 0.25) is 0 Å². The summed E-state index contributed by atoms with van der Waals surface area (Å²) in [6.45, 7) is 0.535. The van der Waals surface area contributed by atoms with Crippen LogP contribution >= 0.6 is 0 Å². The molecule has 2 rings (SSSR count). The van der Waals surface area contributed by atoms with Gasteiger partial charge in [-0.15, -0.1) is 0 Å². The summed E-state index contributed by atoms with van der Waals surface area (Å²) in [5.41, 5.74) is 7.20. The predicted molar refractivity (Wildman–Crippen MR) is 97.4 cm³/mol. The van der Waals surface area contributed by atoms with E-state index in [0.29, 0.717) is 18.7 Å². The van der Waals surface area contributed by atoms with E-state index in [1.807, 2.05) is 12.1 Å².